The Morgan fingerprint density at radius 1 is 1.06 bits per heavy atom. The van der Waals surface area contributed by atoms with Gasteiger partial charge in [0.05, 0.1) is 18.1 Å². The zero-order chi connectivity index (χ0) is 22.5. The molecule has 3 aliphatic rings. The second-order valence-corrected chi connectivity index (χ2v) is 11.5. The number of H-pyrrole nitrogens is 1. The van der Waals surface area contributed by atoms with Crippen LogP contribution in [0.25, 0.3) is 10.9 Å². The average molecular weight is 462 g/mol. The molecule has 174 valence electrons. The number of carbonyl (C=O) groups excluding carboxylic acids is 1. The van der Waals surface area contributed by atoms with E-state index in [1.807, 2.05) is 0 Å². The summed E-state index contributed by atoms with van der Waals surface area (Å²) in [6.07, 6.45) is 2.37. The van der Waals surface area contributed by atoms with Crippen molar-refractivity contribution in [1.29, 1.82) is 0 Å². The summed E-state index contributed by atoms with van der Waals surface area (Å²) in [4.78, 5) is 18.3. The van der Waals surface area contributed by atoms with Crippen LogP contribution in [0.3, 0.4) is 0 Å². The molecule has 8 nitrogen and oxygen atoms in total. The number of ether oxygens (including phenoxy) is 2. The lowest BCUT2D eigenvalue weighted by atomic mass is 9.94. The molecular weight excluding hydrogens is 430 g/mol. The molecule has 1 N–H and O–H groups in total. The lowest BCUT2D eigenvalue weighted by molar-refractivity contribution is -0.181. The van der Waals surface area contributed by atoms with Crippen molar-refractivity contribution in [3.05, 3.63) is 30.0 Å². The van der Waals surface area contributed by atoms with E-state index in [0.29, 0.717) is 69.8 Å². The van der Waals surface area contributed by atoms with Crippen LogP contribution in [0.4, 0.5) is 0 Å². The Bertz CT molecular complexity index is 1100. The maximum absolute atomic E-state index is 13.2. The highest BCUT2D eigenvalue weighted by atomic mass is 32.2. The molecule has 2 unspecified atom stereocenters. The van der Waals surface area contributed by atoms with Crippen molar-refractivity contribution in [2.24, 2.45) is 11.8 Å². The van der Waals surface area contributed by atoms with Gasteiger partial charge < -0.3 is 19.4 Å². The largest absolute Gasteiger partial charge is 0.351 e. The molecule has 0 radical (unpaired) electrons. The van der Waals surface area contributed by atoms with Gasteiger partial charge in [0.15, 0.2) is 5.79 Å². The molecule has 32 heavy (non-hydrogen) atoms. The predicted molar refractivity (Wildman–Crippen MR) is 120 cm³/mol. The fourth-order valence-corrected chi connectivity index (χ4v) is 7.06. The number of amides is 1. The van der Waals surface area contributed by atoms with E-state index in [2.05, 4.69) is 18.8 Å². The number of nitrogens with zero attached hydrogens (tertiary/aromatic N) is 2. The van der Waals surface area contributed by atoms with Crippen molar-refractivity contribution in [3.63, 3.8) is 0 Å². The maximum atomic E-state index is 13.2. The SMILES string of the molecule is CC1CC(C)CN(S(=O)(=O)c2ccc3[nH]c(C(=O)N4CCC5(CC4)OCCO5)cc3c2)C1. The van der Waals surface area contributed by atoms with Gasteiger partial charge in [-0.25, -0.2) is 8.42 Å². The van der Waals surface area contributed by atoms with E-state index in [-0.39, 0.29) is 10.8 Å². The number of hydrogen-bond donors (Lipinski definition) is 1. The van der Waals surface area contributed by atoms with E-state index >= 15 is 0 Å². The molecule has 3 fully saturated rings. The summed E-state index contributed by atoms with van der Waals surface area (Å²) in [6.45, 7) is 7.64. The Kier molecular flexibility index (Phi) is 5.56. The van der Waals surface area contributed by atoms with Crippen molar-refractivity contribution in [3.8, 4) is 0 Å². The average Bonchev–Trinajstić information content (AvgIpc) is 3.39. The first-order chi connectivity index (χ1) is 15.3. The van der Waals surface area contributed by atoms with Crippen LogP contribution in [0, 0.1) is 11.8 Å². The summed E-state index contributed by atoms with van der Waals surface area (Å²) in [7, 11) is -3.57. The monoisotopic (exact) mass is 461 g/mol. The summed E-state index contributed by atoms with van der Waals surface area (Å²) in [6, 6.07) is 6.81. The predicted octanol–water partition coefficient (Wildman–Crippen LogP) is 2.81. The molecule has 0 bridgehead atoms. The van der Waals surface area contributed by atoms with Crippen LogP contribution in [0.15, 0.2) is 29.2 Å². The highest BCUT2D eigenvalue weighted by Gasteiger charge is 2.41. The number of rotatable bonds is 3. The molecule has 3 saturated heterocycles. The van der Waals surface area contributed by atoms with Gasteiger partial charge in [0, 0.05) is 49.9 Å². The summed E-state index contributed by atoms with van der Waals surface area (Å²) < 4.78 is 39.6. The molecule has 2 aromatic rings. The Morgan fingerprint density at radius 3 is 2.38 bits per heavy atom. The molecule has 2 atom stereocenters. The minimum atomic E-state index is -3.57. The lowest BCUT2D eigenvalue weighted by Crippen LogP contribution is -2.47. The zero-order valence-electron chi connectivity index (χ0n) is 18.7. The van der Waals surface area contributed by atoms with Gasteiger partial charge in [-0.15, -0.1) is 0 Å². The molecule has 4 heterocycles. The van der Waals surface area contributed by atoms with Crippen LogP contribution in [0.1, 0.15) is 43.6 Å². The Labute approximate surface area is 188 Å². The summed E-state index contributed by atoms with van der Waals surface area (Å²) in [5, 5.41) is 0.725. The number of benzene rings is 1. The van der Waals surface area contributed by atoms with Crippen LogP contribution >= 0.6 is 0 Å². The molecule has 3 aliphatic heterocycles. The second kappa shape index (κ2) is 8.13. The zero-order valence-corrected chi connectivity index (χ0v) is 19.5. The quantitative estimate of drug-likeness (QED) is 0.759. The van der Waals surface area contributed by atoms with Crippen LogP contribution < -0.4 is 0 Å². The molecule has 9 heteroatoms. The first-order valence-corrected chi connectivity index (χ1v) is 12.9. The molecule has 0 aliphatic carbocycles. The van der Waals surface area contributed by atoms with Gasteiger partial charge in [0.25, 0.3) is 5.91 Å². The molecule has 1 amide bonds. The van der Waals surface area contributed by atoms with Crippen LogP contribution in [0.2, 0.25) is 0 Å². The Balaban J connectivity index is 1.34. The second-order valence-electron chi connectivity index (χ2n) is 9.60. The van der Waals surface area contributed by atoms with E-state index in [1.165, 1.54) is 0 Å². The van der Waals surface area contributed by atoms with Gasteiger partial charge in [-0.1, -0.05) is 13.8 Å². The maximum Gasteiger partial charge on any atom is 0.270 e. The van der Waals surface area contributed by atoms with Crippen LogP contribution in [0.5, 0.6) is 0 Å². The van der Waals surface area contributed by atoms with E-state index in [1.54, 1.807) is 33.5 Å². The highest BCUT2D eigenvalue weighted by molar-refractivity contribution is 7.89. The van der Waals surface area contributed by atoms with Crippen molar-refractivity contribution in [2.45, 2.75) is 43.8 Å². The van der Waals surface area contributed by atoms with E-state index in [9.17, 15) is 13.2 Å². The number of likely N-dealkylation sites (tertiary alicyclic amines) is 1. The fourth-order valence-electron chi connectivity index (χ4n) is 5.34. The number of aromatic amines is 1. The third-order valence-corrected chi connectivity index (χ3v) is 8.75. The number of fused-ring (bicyclic) bond motifs is 1. The molecule has 1 spiro atoms. The fraction of sp³-hybridized carbons (Fsp3) is 0.609. The van der Waals surface area contributed by atoms with Crippen molar-refractivity contribution >= 4 is 26.8 Å². The van der Waals surface area contributed by atoms with Gasteiger partial charge in [-0.2, -0.15) is 4.31 Å². The van der Waals surface area contributed by atoms with Gasteiger partial charge >= 0.3 is 0 Å². The standard InChI is InChI=1S/C23H31N3O5S/c1-16-11-17(2)15-26(14-16)32(28,29)19-3-4-20-18(12-19)13-21(24-20)22(27)25-7-5-23(6-8-25)30-9-10-31-23/h3-4,12-13,16-17,24H,5-11,14-15H2,1-2H3. The first kappa shape index (κ1) is 21.9. The van der Waals surface area contributed by atoms with E-state index in [0.717, 1.165) is 17.3 Å². The number of nitrogens with one attached hydrogen (secondary N) is 1. The topological polar surface area (TPSA) is 91.9 Å². The van der Waals surface area contributed by atoms with Gasteiger partial charge in [0.2, 0.25) is 10.0 Å². The number of hydrogen-bond acceptors (Lipinski definition) is 5. The number of aromatic nitrogens is 1. The Hall–Kier alpha value is -1.94. The summed E-state index contributed by atoms with van der Waals surface area (Å²) in [5.41, 5.74) is 1.22. The van der Waals surface area contributed by atoms with Crippen molar-refractivity contribution in [1.82, 2.24) is 14.2 Å². The highest BCUT2D eigenvalue weighted by Crippen LogP contribution is 2.32. The van der Waals surface area contributed by atoms with Gasteiger partial charge in [0.1, 0.15) is 5.69 Å². The molecule has 5 rings (SSSR count). The van der Waals surface area contributed by atoms with Crippen molar-refractivity contribution < 1.29 is 22.7 Å². The molecule has 0 saturated carbocycles. The smallest absolute Gasteiger partial charge is 0.270 e. The summed E-state index contributed by atoms with van der Waals surface area (Å²) in [5.74, 6) is 0.0799. The lowest BCUT2D eigenvalue weighted by Gasteiger charge is -2.37. The number of piperidine rings is 2. The normalized spacial score (nSPS) is 26.8. The van der Waals surface area contributed by atoms with E-state index in [4.69, 9.17) is 9.47 Å². The van der Waals surface area contributed by atoms with Gasteiger partial charge in [-0.3, -0.25) is 4.79 Å². The minimum Gasteiger partial charge on any atom is -0.351 e. The number of carbonyl (C=O) groups is 1. The third kappa shape index (κ3) is 3.96. The first-order valence-electron chi connectivity index (χ1n) is 11.5. The molecule has 1 aromatic carbocycles. The third-order valence-electron chi connectivity index (χ3n) is 6.92. The molecule has 1 aromatic heterocycles. The van der Waals surface area contributed by atoms with Gasteiger partial charge in [-0.05, 0) is 42.5 Å². The van der Waals surface area contributed by atoms with E-state index < -0.39 is 15.8 Å². The molecular formula is C23H31N3O5S. The van der Waals surface area contributed by atoms with Crippen LogP contribution in [-0.4, -0.2) is 73.7 Å². The van der Waals surface area contributed by atoms with Crippen molar-refractivity contribution in [2.75, 3.05) is 39.4 Å². The van der Waals surface area contributed by atoms with Crippen LogP contribution in [-0.2, 0) is 19.5 Å². The minimum absolute atomic E-state index is 0.0860. The Morgan fingerprint density at radius 2 is 1.72 bits per heavy atom. The summed E-state index contributed by atoms with van der Waals surface area (Å²) >= 11 is 0. The number of sulfonamides is 1.